The number of rotatable bonds is 4. The molecule has 0 saturated carbocycles. The number of benzene rings is 2. The van der Waals surface area contributed by atoms with E-state index < -0.39 is 0 Å². The van der Waals surface area contributed by atoms with Gasteiger partial charge in [0.05, 0.1) is 17.2 Å². The van der Waals surface area contributed by atoms with Crippen LogP contribution in [0.25, 0.3) is 10.9 Å². The molecule has 1 aliphatic rings. The molecule has 1 aliphatic heterocycles. The molecular formula is C23H24N2O3. The van der Waals surface area contributed by atoms with E-state index in [2.05, 4.69) is 11.9 Å². The molecule has 2 heterocycles. The molecule has 2 aromatic carbocycles. The molecule has 0 radical (unpaired) electrons. The fraction of sp³-hybridized carbons (Fsp3) is 0.348. The van der Waals surface area contributed by atoms with E-state index in [4.69, 9.17) is 4.74 Å². The lowest BCUT2D eigenvalue weighted by Crippen LogP contribution is -2.29. The summed E-state index contributed by atoms with van der Waals surface area (Å²) in [7, 11) is 0. The van der Waals surface area contributed by atoms with Crippen molar-refractivity contribution in [3.8, 4) is 0 Å². The Morgan fingerprint density at radius 3 is 2.54 bits per heavy atom. The molecule has 5 heteroatoms. The van der Waals surface area contributed by atoms with Crippen LogP contribution in [0, 0.1) is 13.8 Å². The Morgan fingerprint density at radius 1 is 1.14 bits per heavy atom. The van der Waals surface area contributed by atoms with Gasteiger partial charge in [0.1, 0.15) is 6.29 Å². The molecule has 28 heavy (non-hydrogen) atoms. The summed E-state index contributed by atoms with van der Waals surface area (Å²) in [5, 5.41) is 0.677. The molecule has 0 spiro atoms. The van der Waals surface area contributed by atoms with Gasteiger partial charge >= 0.3 is 0 Å². The van der Waals surface area contributed by atoms with Crippen LogP contribution >= 0.6 is 0 Å². The normalized spacial score (nSPS) is 15.1. The molecule has 4 rings (SSSR count). The minimum Gasteiger partial charge on any atom is -0.381 e. The van der Waals surface area contributed by atoms with Crippen LogP contribution in [-0.2, 0) is 11.2 Å². The fourth-order valence-corrected chi connectivity index (χ4v) is 3.95. The lowest BCUT2D eigenvalue weighted by Gasteiger charge is -2.24. The molecule has 0 N–H and O–H groups in total. The second-order valence-corrected chi connectivity index (χ2v) is 7.52. The predicted molar refractivity (Wildman–Crippen MR) is 109 cm³/mol. The smallest absolute Gasteiger partial charge is 0.261 e. The molecule has 0 amide bonds. The Morgan fingerprint density at radius 2 is 1.86 bits per heavy atom. The third kappa shape index (κ3) is 3.38. The SMILES string of the molecule is Cc1c(Cc2ccc(C=O)cc2)cc2c(=O)n(C3CCOCC3)cnc2c1C. The summed E-state index contributed by atoms with van der Waals surface area (Å²) in [4.78, 5) is 28.7. The Balaban J connectivity index is 1.78. The largest absolute Gasteiger partial charge is 0.381 e. The number of aromatic nitrogens is 2. The van der Waals surface area contributed by atoms with Gasteiger partial charge in [-0.15, -0.1) is 0 Å². The van der Waals surface area contributed by atoms with Crippen LogP contribution in [0.15, 0.2) is 41.5 Å². The van der Waals surface area contributed by atoms with Crippen LogP contribution in [-0.4, -0.2) is 29.1 Å². The summed E-state index contributed by atoms with van der Waals surface area (Å²) < 4.78 is 7.21. The number of hydrogen-bond donors (Lipinski definition) is 0. The maximum atomic E-state index is 13.2. The third-order valence-electron chi connectivity index (χ3n) is 5.84. The van der Waals surface area contributed by atoms with Crippen molar-refractivity contribution in [2.45, 2.75) is 39.2 Å². The van der Waals surface area contributed by atoms with Crippen LogP contribution in [0.1, 0.15) is 51.5 Å². The Hall–Kier alpha value is -2.79. The van der Waals surface area contributed by atoms with E-state index in [9.17, 15) is 9.59 Å². The summed E-state index contributed by atoms with van der Waals surface area (Å²) in [5.74, 6) is 0. The van der Waals surface area contributed by atoms with Gasteiger partial charge in [-0.1, -0.05) is 24.3 Å². The minimum atomic E-state index is 0.0255. The van der Waals surface area contributed by atoms with Crippen molar-refractivity contribution in [1.29, 1.82) is 0 Å². The van der Waals surface area contributed by atoms with E-state index in [0.717, 1.165) is 46.9 Å². The lowest BCUT2D eigenvalue weighted by atomic mass is 9.94. The quantitative estimate of drug-likeness (QED) is 0.651. The summed E-state index contributed by atoms with van der Waals surface area (Å²) in [6, 6.07) is 9.73. The van der Waals surface area contributed by atoms with E-state index in [1.54, 1.807) is 10.9 Å². The number of hydrogen-bond acceptors (Lipinski definition) is 4. The molecule has 0 aliphatic carbocycles. The average molecular weight is 376 g/mol. The van der Waals surface area contributed by atoms with Gasteiger partial charge in [0.25, 0.3) is 5.56 Å². The number of ether oxygens (including phenoxy) is 1. The number of carbonyl (C=O) groups is 1. The monoisotopic (exact) mass is 376 g/mol. The van der Waals surface area contributed by atoms with E-state index in [1.165, 1.54) is 0 Å². The van der Waals surface area contributed by atoms with Gasteiger partial charge in [-0.2, -0.15) is 0 Å². The van der Waals surface area contributed by atoms with Crippen LogP contribution in [0.4, 0.5) is 0 Å². The zero-order valence-electron chi connectivity index (χ0n) is 16.3. The predicted octanol–water partition coefficient (Wildman–Crippen LogP) is 3.77. The molecule has 0 bridgehead atoms. The highest BCUT2D eigenvalue weighted by Crippen LogP contribution is 2.25. The summed E-state index contributed by atoms with van der Waals surface area (Å²) in [6.07, 6.45) is 4.94. The summed E-state index contributed by atoms with van der Waals surface area (Å²) in [6.45, 7) is 5.48. The summed E-state index contributed by atoms with van der Waals surface area (Å²) in [5.41, 5.74) is 5.91. The van der Waals surface area contributed by atoms with Gasteiger partial charge in [0.2, 0.25) is 0 Å². The molecule has 5 nitrogen and oxygen atoms in total. The third-order valence-corrected chi connectivity index (χ3v) is 5.84. The average Bonchev–Trinajstić information content (AvgIpc) is 2.73. The molecular weight excluding hydrogens is 352 g/mol. The second kappa shape index (κ2) is 7.68. The highest BCUT2D eigenvalue weighted by atomic mass is 16.5. The van der Waals surface area contributed by atoms with E-state index >= 15 is 0 Å². The van der Waals surface area contributed by atoms with Crippen molar-refractivity contribution in [2.24, 2.45) is 0 Å². The maximum absolute atomic E-state index is 13.2. The van der Waals surface area contributed by atoms with Crippen LogP contribution < -0.4 is 5.56 Å². The fourth-order valence-electron chi connectivity index (χ4n) is 3.95. The number of carbonyl (C=O) groups excluding carboxylic acids is 1. The van der Waals surface area contributed by atoms with Crippen LogP contribution in [0.2, 0.25) is 0 Å². The maximum Gasteiger partial charge on any atom is 0.261 e. The molecule has 144 valence electrons. The van der Waals surface area contributed by atoms with Gasteiger partial charge in [-0.05, 0) is 61.4 Å². The van der Waals surface area contributed by atoms with Gasteiger partial charge in [-0.3, -0.25) is 14.2 Å². The van der Waals surface area contributed by atoms with Gasteiger partial charge in [-0.25, -0.2) is 4.98 Å². The van der Waals surface area contributed by atoms with E-state index in [0.29, 0.717) is 30.6 Å². The Kier molecular flexibility index (Phi) is 5.09. The van der Waals surface area contributed by atoms with Crippen molar-refractivity contribution in [1.82, 2.24) is 9.55 Å². The van der Waals surface area contributed by atoms with Gasteiger partial charge < -0.3 is 4.74 Å². The van der Waals surface area contributed by atoms with Crippen LogP contribution in [0.3, 0.4) is 0 Å². The van der Waals surface area contributed by atoms with Crippen LogP contribution in [0.5, 0.6) is 0 Å². The second-order valence-electron chi connectivity index (χ2n) is 7.52. The number of fused-ring (bicyclic) bond motifs is 1. The highest BCUT2D eigenvalue weighted by molar-refractivity contribution is 5.83. The zero-order valence-corrected chi connectivity index (χ0v) is 16.3. The molecule has 1 saturated heterocycles. The molecule has 1 aromatic heterocycles. The van der Waals surface area contributed by atoms with Crippen molar-refractivity contribution in [3.63, 3.8) is 0 Å². The standard InChI is InChI=1S/C23H24N2O3/c1-15-16(2)22-21(12-19(15)11-17-3-5-18(13-26)6-4-17)23(27)25(14-24-22)20-7-9-28-10-8-20/h3-6,12-14,20H,7-11H2,1-2H3. The molecule has 3 aromatic rings. The topological polar surface area (TPSA) is 61.2 Å². The first-order chi connectivity index (χ1) is 13.6. The Bertz CT molecular complexity index is 1080. The van der Waals surface area contributed by atoms with E-state index in [1.807, 2.05) is 37.3 Å². The van der Waals surface area contributed by atoms with Crippen molar-refractivity contribution >= 4 is 17.2 Å². The first-order valence-electron chi connectivity index (χ1n) is 9.70. The highest BCUT2D eigenvalue weighted by Gasteiger charge is 2.19. The molecule has 0 unspecified atom stereocenters. The van der Waals surface area contributed by atoms with Gasteiger partial charge in [0, 0.05) is 24.8 Å². The molecule has 0 atom stereocenters. The minimum absolute atomic E-state index is 0.0255. The number of aldehydes is 1. The zero-order chi connectivity index (χ0) is 19.7. The first kappa shape index (κ1) is 18.6. The number of nitrogens with zero attached hydrogens (tertiary/aromatic N) is 2. The van der Waals surface area contributed by atoms with Crippen molar-refractivity contribution in [3.05, 3.63) is 74.8 Å². The van der Waals surface area contributed by atoms with Gasteiger partial charge in [0.15, 0.2) is 0 Å². The first-order valence-corrected chi connectivity index (χ1v) is 9.70. The van der Waals surface area contributed by atoms with Crippen molar-refractivity contribution in [2.75, 3.05) is 13.2 Å². The molecule has 1 fully saturated rings. The summed E-state index contributed by atoms with van der Waals surface area (Å²) >= 11 is 0. The van der Waals surface area contributed by atoms with Crippen molar-refractivity contribution < 1.29 is 9.53 Å². The lowest BCUT2D eigenvalue weighted by molar-refractivity contribution is 0.0685. The number of aryl methyl sites for hydroxylation is 1. The Labute approximate surface area is 164 Å². The van der Waals surface area contributed by atoms with E-state index in [-0.39, 0.29) is 11.6 Å².